The van der Waals surface area contributed by atoms with E-state index in [1.165, 1.54) is 0 Å². The molecule has 1 aromatic heterocycles. The van der Waals surface area contributed by atoms with Crippen molar-refractivity contribution in [1.82, 2.24) is 15.2 Å². The lowest BCUT2D eigenvalue weighted by molar-refractivity contribution is -0.137. The molecule has 1 aliphatic heterocycles. The van der Waals surface area contributed by atoms with Crippen LogP contribution in [0.25, 0.3) is 0 Å². The summed E-state index contributed by atoms with van der Waals surface area (Å²) in [4.78, 5) is 18.7. The van der Waals surface area contributed by atoms with E-state index in [1.807, 2.05) is 0 Å². The third-order valence-corrected chi connectivity index (χ3v) is 6.06. The Kier molecular flexibility index (Phi) is 8.73. The van der Waals surface area contributed by atoms with Crippen LogP contribution in [0, 0.1) is 0 Å². The second kappa shape index (κ2) is 12.2. The van der Waals surface area contributed by atoms with Crippen molar-refractivity contribution in [1.29, 1.82) is 0 Å². The number of benzene rings is 2. The molecular weight excluding hydrogens is 509 g/mol. The number of carbonyl (C=O) groups excluding carboxylic acids is 1. The van der Waals surface area contributed by atoms with Crippen molar-refractivity contribution in [3.8, 4) is 17.2 Å². The number of nitrogens with one attached hydrogen (secondary N) is 2. The van der Waals surface area contributed by atoms with Gasteiger partial charge in [-0.3, -0.25) is 9.88 Å². The number of nitrogens with zero attached hydrogens (tertiary/aromatic N) is 2. The van der Waals surface area contributed by atoms with Crippen LogP contribution in [0.2, 0.25) is 5.02 Å². The van der Waals surface area contributed by atoms with Crippen LogP contribution in [0.4, 0.5) is 23.7 Å². The van der Waals surface area contributed by atoms with Crippen molar-refractivity contribution < 1.29 is 27.4 Å². The molecule has 7 nitrogen and oxygen atoms in total. The van der Waals surface area contributed by atoms with Crippen molar-refractivity contribution >= 4 is 23.3 Å². The van der Waals surface area contributed by atoms with Crippen LogP contribution >= 0.6 is 11.6 Å². The van der Waals surface area contributed by atoms with E-state index in [9.17, 15) is 18.0 Å². The summed E-state index contributed by atoms with van der Waals surface area (Å²) in [6.45, 7) is 2.95. The van der Waals surface area contributed by atoms with Gasteiger partial charge in [-0.1, -0.05) is 23.7 Å². The first-order valence-corrected chi connectivity index (χ1v) is 12.1. The van der Waals surface area contributed by atoms with Gasteiger partial charge in [-0.15, -0.1) is 0 Å². The van der Waals surface area contributed by atoms with Gasteiger partial charge in [0.1, 0.15) is 23.9 Å². The number of anilines is 1. The van der Waals surface area contributed by atoms with E-state index in [4.69, 9.17) is 21.1 Å². The summed E-state index contributed by atoms with van der Waals surface area (Å²) >= 11 is 5.88. The molecule has 0 radical (unpaired) electrons. The number of aromatic nitrogens is 1. The number of hydrogen-bond acceptors (Lipinski definition) is 5. The van der Waals surface area contributed by atoms with E-state index in [2.05, 4.69) is 20.5 Å². The van der Waals surface area contributed by atoms with Crippen LogP contribution in [0.3, 0.4) is 0 Å². The van der Waals surface area contributed by atoms with Gasteiger partial charge in [-0.2, -0.15) is 13.2 Å². The predicted octanol–water partition coefficient (Wildman–Crippen LogP) is 6.34. The minimum Gasteiger partial charge on any atom is -0.490 e. The standard InChI is InChI=1S/C26H26ClF3N4O3/c27-22-16-24(36-14-13-34-11-1-2-12-34)23(15-21(22)26(28,29)30)33-25(35)32-17-18-3-5-19(6-4-18)37-20-7-9-31-10-8-20/h3-10,15-16H,1-2,11-14,17H2,(H2,32,33,35). The topological polar surface area (TPSA) is 75.7 Å². The predicted molar refractivity (Wildman–Crippen MR) is 134 cm³/mol. The Morgan fingerprint density at radius 1 is 1.03 bits per heavy atom. The average Bonchev–Trinajstić information content (AvgIpc) is 3.38. The van der Waals surface area contributed by atoms with E-state index >= 15 is 0 Å². The fraction of sp³-hybridized carbons (Fsp3) is 0.308. The molecule has 2 N–H and O–H groups in total. The van der Waals surface area contributed by atoms with E-state index in [-0.39, 0.29) is 24.6 Å². The molecule has 0 spiro atoms. The largest absolute Gasteiger partial charge is 0.490 e. The molecule has 0 aliphatic carbocycles. The van der Waals surface area contributed by atoms with Crippen molar-refractivity contribution in [2.75, 3.05) is 31.6 Å². The van der Waals surface area contributed by atoms with Crippen LogP contribution in [0.1, 0.15) is 24.0 Å². The number of amides is 2. The fourth-order valence-electron chi connectivity index (χ4n) is 3.85. The average molecular weight is 535 g/mol. The van der Waals surface area contributed by atoms with Gasteiger partial charge in [0.2, 0.25) is 0 Å². The van der Waals surface area contributed by atoms with Crippen molar-refractivity contribution in [3.63, 3.8) is 0 Å². The zero-order valence-electron chi connectivity index (χ0n) is 19.9. The van der Waals surface area contributed by atoms with Crippen LogP contribution < -0.4 is 20.1 Å². The van der Waals surface area contributed by atoms with Crippen molar-refractivity contribution in [2.24, 2.45) is 0 Å². The SMILES string of the molecule is O=C(NCc1ccc(Oc2ccncc2)cc1)Nc1cc(C(F)(F)F)c(Cl)cc1OCCN1CCCC1. The Morgan fingerprint density at radius 3 is 2.38 bits per heavy atom. The number of likely N-dealkylation sites (tertiary alicyclic amines) is 1. The van der Waals surface area contributed by atoms with Crippen molar-refractivity contribution in [3.05, 3.63) is 77.1 Å². The lowest BCUT2D eigenvalue weighted by Gasteiger charge is -2.19. The molecule has 2 amide bonds. The summed E-state index contributed by atoms with van der Waals surface area (Å²) in [6, 6.07) is 11.7. The molecule has 0 atom stereocenters. The van der Waals surface area contributed by atoms with Crippen LogP contribution in [0.15, 0.2) is 60.9 Å². The summed E-state index contributed by atoms with van der Waals surface area (Å²) < 4.78 is 51.7. The van der Waals surface area contributed by atoms with Crippen LogP contribution in [-0.4, -0.2) is 42.2 Å². The van der Waals surface area contributed by atoms with E-state index < -0.39 is 22.8 Å². The molecule has 4 rings (SSSR count). The Morgan fingerprint density at radius 2 is 1.70 bits per heavy atom. The highest BCUT2D eigenvalue weighted by Gasteiger charge is 2.34. The molecule has 196 valence electrons. The Bertz CT molecular complexity index is 1190. The number of rotatable bonds is 9. The first-order chi connectivity index (χ1) is 17.8. The minimum atomic E-state index is -4.68. The van der Waals surface area contributed by atoms with Crippen LogP contribution in [-0.2, 0) is 12.7 Å². The smallest absolute Gasteiger partial charge is 0.417 e. The maximum atomic E-state index is 13.4. The molecule has 37 heavy (non-hydrogen) atoms. The lowest BCUT2D eigenvalue weighted by Crippen LogP contribution is -2.29. The molecule has 11 heteroatoms. The molecule has 1 saturated heterocycles. The van der Waals surface area contributed by atoms with Gasteiger partial charge >= 0.3 is 12.2 Å². The molecule has 0 bridgehead atoms. The third-order valence-electron chi connectivity index (χ3n) is 5.75. The number of alkyl halides is 3. The second-order valence-corrected chi connectivity index (χ2v) is 8.87. The first kappa shape index (κ1) is 26.6. The van der Waals surface area contributed by atoms with Gasteiger partial charge in [0.05, 0.1) is 16.3 Å². The highest BCUT2D eigenvalue weighted by atomic mass is 35.5. The molecule has 1 fully saturated rings. The number of hydrogen-bond donors (Lipinski definition) is 2. The highest BCUT2D eigenvalue weighted by Crippen LogP contribution is 2.40. The quantitative estimate of drug-likeness (QED) is 0.335. The zero-order chi connectivity index (χ0) is 26.3. The number of carbonyl (C=O) groups is 1. The molecule has 0 unspecified atom stereocenters. The summed E-state index contributed by atoms with van der Waals surface area (Å²) in [6.07, 6.45) is 0.778. The maximum Gasteiger partial charge on any atom is 0.417 e. The first-order valence-electron chi connectivity index (χ1n) is 11.8. The maximum absolute atomic E-state index is 13.4. The molecule has 2 aromatic carbocycles. The van der Waals surface area contributed by atoms with Crippen LogP contribution in [0.5, 0.6) is 17.2 Å². The fourth-order valence-corrected chi connectivity index (χ4v) is 4.11. The summed E-state index contributed by atoms with van der Waals surface area (Å²) in [7, 11) is 0. The molecule has 3 aromatic rings. The molecule has 1 aliphatic rings. The van der Waals surface area contributed by atoms with E-state index in [1.54, 1.807) is 48.8 Å². The van der Waals surface area contributed by atoms with Crippen molar-refractivity contribution in [2.45, 2.75) is 25.6 Å². The highest BCUT2D eigenvalue weighted by molar-refractivity contribution is 6.31. The number of urea groups is 1. The molecule has 2 heterocycles. The van der Waals surface area contributed by atoms with Gasteiger partial charge in [-0.25, -0.2) is 4.79 Å². The van der Waals surface area contributed by atoms with Gasteiger partial charge in [-0.05, 0) is 61.8 Å². The summed E-state index contributed by atoms with van der Waals surface area (Å²) in [5.41, 5.74) is -0.399. The Labute approximate surface area is 217 Å². The number of pyridine rings is 1. The van der Waals surface area contributed by atoms with Gasteiger partial charge in [0, 0.05) is 31.5 Å². The Hall–Kier alpha value is -3.50. The Balaban J connectivity index is 1.37. The van der Waals surface area contributed by atoms with E-state index in [0.29, 0.717) is 18.0 Å². The monoisotopic (exact) mass is 534 g/mol. The number of ether oxygens (including phenoxy) is 2. The summed E-state index contributed by atoms with van der Waals surface area (Å²) in [5.74, 6) is 1.32. The minimum absolute atomic E-state index is 0.0740. The van der Waals surface area contributed by atoms with Gasteiger partial charge in [0.15, 0.2) is 0 Å². The second-order valence-electron chi connectivity index (χ2n) is 8.46. The number of halogens is 4. The summed E-state index contributed by atoms with van der Waals surface area (Å²) in [5, 5.41) is 4.61. The van der Waals surface area contributed by atoms with E-state index in [0.717, 1.165) is 43.6 Å². The van der Waals surface area contributed by atoms with Gasteiger partial charge < -0.3 is 20.1 Å². The van der Waals surface area contributed by atoms with Gasteiger partial charge in [0.25, 0.3) is 0 Å². The normalized spacial score (nSPS) is 13.8. The molecule has 0 saturated carbocycles. The molecular formula is C26H26ClF3N4O3. The third kappa shape index (κ3) is 7.74. The zero-order valence-corrected chi connectivity index (χ0v) is 20.6. The lowest BCUT2D eigenvalue weighted by atomic mass is 10.1.